The maximum atomic E-state index is 13.3. The summed E-state index contributed by atoms with van der Waals surface area (Å²) in [7, 11) is 1.95. The molecule has 1 saturated heterocycles. The first kappa shape index (κ1) is 19.4. The Morgan fingerprint density at radius 2 is 2.00 bits per heavy atom. The second-order valence-electron chi connectivity index (χ2n) is 9.88. The van der Waals surface area contributed by atoms with Crippen LogP contribution in [0, 0.1) is 17.8 Å². The Hall–Kier alpha value is -1.59. The number of nitrogens with zero attached hydrogens (tertiary/aromatic N) is 1. The minimum atomic E-state index is -0.474. The molecule has 5 unspecified atom stereocenters. The van der Waals surface area contributed by atoms with E-state index >= 15 is 0 Å². The van der Waals surface area contributed by atoms with Crippen LogP contribution in [0.1, 0.15) is 61.7 Å². The van der Waals surface area contributed by atoms with Crippen LogP contribution in [-0.4, -0.2) is 53.9 Å². The van der Waals surface area contributed by atoms with Gasteiger partial charge in [0.2, 0.25) is 0 Å². The van der Waals surface area contributed by atoms with Gasteiger partial charge in [-0.25, -0.2) is 0 Å². The number of fused-ring (bicyclic) bond motifs is 2. The largest absolute Gasteiger partial charge is 0.490 e. The first-order chi connectivity index (χ1) is 14.0. The molecule has 0 spiro atoms. The Bertz CT molecular complexity index is 761. The number of ether oxygens (including phenoxy) is 2. The van der Waals surface area contributed by atoms with Crippen LogP contribution in [0.5, 0.6) is 5.75 Å². The Kier molecular flexibility index (Phi) is 5.07. The summed E-state index contributed by atoms with van der Waals surface area (Å²) >= 11 is 0. The van der Waals surface area contributed by atoms with E-state index in [0.29, 0.717) is 23.3 Å². The molecule has 3 saturated carbocycles. The van der Waals surface area contributed by atoms with Crippen molar-refractivity contribution in [3.05, 3.63) is 29.8 Å². The predicted octanol–water partition coefficient (Wildman–Crippen LogP) is 3.65. The van der Waals surface area contributed by atoms with Gasteiger partial charge in [0.25, 0.3) is 5.91 Å². The zero-order valence-electron chi connectivity index (χ0n) is 17.4. The molecule has 5 atom stereocenters. The average Bonchev–Trinajstić information content (AvgIpc) is 2.88. The van der Waals surface area contributed by atoms with Crippen molar-refractivity contribution in [2.24, 2.45) is 17.8 Å². The predicted molar refractivity (Wildman–Crippen MR) is 110 cm³/mol. The first-order valence-electron chi connectivity index (χ1n) is 11.3. The molecule has 3 aliphatic carbocycles. The number of hydrogen-bond acceptors (Lipinski definition) is 4. The molecule has 29 heavy (non-hydrogen) atoms. The van der Waals surface area contributed by atoms with Gasteiger partial charge in [0.1, 0.15) is 11.9 Å². The van der Waals surface area contributed by atoms with Gasteiger partial charge in [-0.1, -0.05) is 6.07 Å². The number of hydrogen-bond donors (Lipinski definition) is 1. The molecule has 1 N–H and O–H groups in total. The van der Waals surface area contributed by atoms with E-state index in [0.717, 1.165) is 63.9 Å². The Labute approximate surface area is 173 Å². The van der Waals surface area contributed by atoms with E-state index in [2.05, 4.69) is 0 Å². The lowest BCUT2D eigenvalue weighted by molar-refractivity contribution is -0.00803. The molecule has 1 aliphatic heterocycles. The molecule has 4 aliphatic rings. The van der Waals surface area contributed by atoms with Gasteiger partial charge in [-0.05, 0) is 74.5 Å². The van der Waals surface area contributed by atoms with Gasteiger partial charge in [0.15, 0.2) is 0 Å². The number of amides is 1. The van der Waals surface area contributed by atoms with Crippen molar-refractivity contribution in [2.45, 2.75) is 69.1 Å². The van der Waals surface area contributed by atoms with Gasteiger partial charge in [-0.2, -0.15) is 0 Å². The van der Waals surface area contributed by atoms with Gasteiger partial charge < -0.3 is 19.5 Å². The number of aliphatic hydroxyl groups is 1. The maximum absolute atomic E-state index is 13.3. The minimum Gasteiger partial charge on any atom is -0.490 e. The van der Waals surface area contributed by atoms with Crippen LogP contribution >= 0.6 is 0 Å². The van der Waals surface area contributed by atoms with Crippen LogP contribution in [0.15, 0.2) is 24.3 Å². The highest BCUT2D eigenvalue weighted by Gasteiger charge is 2.54. The summed E-state index contributed by atoms with van der Waals surface area (Å²) in [6.07, 6.45) is 8.15. The molecule has 0 radical (unpaired) electrons. The molecular formula is C24H33NO4. The average molecular weight is 400 g/mol. The third-order valence-electron chi connectivity index (χ3n) is 7.90. The number of rotatable bonds is 4. The molecule has 158 valence electrons. The molecule has 1 aromatic rings. The highest BCUT2D eigenvalue weighted by Crippen LogP contribution is 2.56. The monoisotopic (exact) mass is 399 g/mol. The zero-order chi connectivity index (χ0) is 20.0. The summed E-state index contributed by atoms with van der Waals surface area (Å²) in [6, 6.07) is 7.87. The van der Waals surface area contributed by atoms with Crippen LogP contribution in [0.3, 0.4) is 0 Å². The van der Waals surface area contributed by atoms with Crippen molar-refractivity contribution in [2.75, 3.05) is 20.3 Å². The van der Waals surface area contributed by atoms with Crippen LogP contribution in [0.25, 0.3) is 0 Å². The van der Waals surface area contributed by atoms with Crippen LogP contribution in [0.2, 0.25) is 0 Å². The molecule has 1 amide bonds. The van der Waals surface area contributed by atoms with Gasteiger partial charge in [-0.3, -0.25) is 4.79 Å². The summed E-state index contributed by atoms with van der Waals surface area (Å²) in [5.74, 6) is 2.48. The quantitative estimate of drug-likeness (QED) is 0.840. The number of carbonyl (C=O) groups is 1. The molecule has 5 rings (SSSR count). The van der Waals surface area contributed by atoms with E-state index < -0.39 is 5.60 Å². The molecule has 5 nitrogen and oxygen atoms in total. The van der Waals surface area contributed by atoms with Crippen molar-refractivity contribution >= 4 is 5.91 Å². The molecule has 0 aromatic heterocycles. The fourth-order valence-corrected chi connectivity index (χ4v) is 6.62. The first-order valence-corrected chi connectivity index (χ1v) is 11.3. The van der Waals surface area contributed by atoms with Gasteiger partial charge in [0, 0.05) is 31.5 Å². The standard InChI is InChI=1S/C24H33NO4/c1-25(22-6-5-16-11-18-14-24(27,13-16)15-21(18)22)23(26)17-3-2-4-20(12-17)29-19-7-9-28-10-8-19/h2-4,12,16,18-19,21-22,27H,5-11,13-15H2,1H3. The lowest BCUT2D eigenvalue weighted by Crippen LogP contribution is -2.43. The summed E-state index contributed by atoms with van der Waals surface area (Å²) in [4.78, 5) is 15.3. The van der Waals surface area contributed by atoms with E-state index in [-0.39, 0.29) is 18.1 Å². The van der Waals surface area contributed by atoms with Gasteiger partial charge in [-0.15, -0.1) is 0 Å². The Morgan fingerprint density at radius 3 is 2.83 bits per heavy atom. The Balaban J connectivity index is 1.31. The highest BCUT2D eigenvalue weighted by molar-refractivity contribution is 5.94. The van der Waals surface area contributed by atoms with Crippen molar-refractivity contribution in [3.8, 4) is 5.75 Å². The second kappa shape index (κ2) is 7.59. The fourth-order valence-electron chi connectivity index (χ4n) is 6.62. The smallest absolute Gasteiger partial charge is 0.253 e. The summed E-state index contributed by atoms with van der Waals surface area (Å²) < 4.78 is 11.5. The number of benzene rings is 1. The highest BCUT2D eigenvalue weighted by atomic mass is 16.5. The van der Waals surface area contributed by atoms with E-state index in [4.69, 9.17) is 9.47 Å². The molecule has 1 aromatic carbocycles. The molecular weight excluding hydrogens is 366 g/mol. The summed E-state index contributed by atoms with van der Waals surface area (Å²) in [5, 5.41) is 10.9. The molecule has 3 bridgehead atoms. The zero-order valence-corrected chi connectivity index (χ0v) is 17.4. The van der Waals surface area contributed by atoms with E-state index in [1.807, 2.05) is 36.2 Å². The van der Waals surface area contributed by atoms with Crippen molar-refractivity contribution in [3.63, 3.8) is 0 Å². The van der Waals surface area contributed by atoms with Crippen molar-refractivity contribution < 1.29 is 19.4 Å². The number of carbonyl (C=O) groups excluding carboxylic acids is 1. The summed E-state index contributed by atoms with van der Waals surface area (Å²) in [5.41, 5.74) is 0.220. The SMILES string of the molecule is CN(C(=O)c1cccc(OC2CCOCC2)c1)C1CCC2CC3CC(O)(C2)CC31. The van der Waals surface area contributed by atoms with E-state index in [9.17, 15) is 9.90 Å². The second-order valence-corrected chi connectivity index (χ2v) is 9.88. The van der Waals surface area contributed by atoms with E-state index in [1.165, 1.54) is 6.42 Å². The fraction of sp³-hybridized carbons (Fsp3) is 0.708. The van der Waals surface area contributed by atoms with E-state index in [1.54, 1.807) is 0 Å². The third kappa shape index (κ3) is 3.79. The minimum absolute atomic E-state index is 0.0700. The van der Waals surface area contributed by atoms with Crippen LogP contribution < -0.4 is 4.74 Å². The van der Waals surface area contributed by atoms with Crippen molar-refractivity contribution in [1.82, 2.24) is 4.90 Å². The molecule has 1 heterocycles. The van der Waals surface area contributed by atoms with Crippen LogP contribution in [0.4, 0.5) is 0 Å². The van der Waals surface area contributed by atoms with Gasteiger partial charge in [0.05, 0.1) is 18.8 Å². The normalized spacial score (nSPS) is 36.6. The lowest BCUT2D eigenvalue weighted by atomic mass is 9.77. The van der Waals surface area contributed by atoms with Gasteiger partial charge >= 0.3 is 0 Å². The maximum Gasteiger partial charge on any atom is 0.253 e. The summed E-state index contributed by atoms with van der Waals surface area (Å²) in [6.45, 7) is 1.48. The Morgan fingerprint density at radius 1 is 1.17 bits per heavy atom. The lowest BCUT2D eigenvalue weighted by Gasteiger charge is -2.36. The molecule has 4 fully saturated rings. The third-order valence-corrected chi connectivity index (χ3v) is 7.90. The molecule has 5 heteroatoms. The topological polar surface area (TPSA) is 59.0 Å². The van der Waals surface area contributed by atoms with Crippen LogP contribution in [-0.2, 0) is 4.74 Å². The van der Waals surface area contributed by atoms with Crippen molar-refractivity contribution in [1.29, 1.82) is 0 Å².